The summed E-state index contributed by atoms with van der Waals surface area (Å²) in [6.07, 6.45) is 0.170. The topological polar surface area (TPSA) is 48.3 Å². The number of esters is 1. The first kappa shape index (κ1) is 12.6. The molecule has 1 aromatic carbocycles. The lowest BCUT2D eigenvalue weighted by Crippen LogP contribution is -2.13. The van der Waals surface area contributed by atoms with Crippen molar-refractivity contribution >= 4 is 11.8 Å². The van der Waals surface area contributed by atoms with Crippen molar-refractivity contribution in [3.8, 4) is 5.75 Å². The van der Waals surface area contributed by atoms with Crippen molar-refractivity contribution in [1.29, 1.82) is 0 Å². The Morgan fingerprint density at radius 3 is 2.55 bits per heavy atom. The van der Waals surface area contributed by atoms with Gasteiger partial charge in [-0.15, -0.1) is 0 Å². The van der Waals surface area contributed by atoms with E-state index in [-0.39, 0.29) is 24.0 Å². The number of carbonyl (C=O) groups excluding carboxylic acids is 2. The zero-order valence-corrected chi connectivity index (χ0v) is 11.1. The van der Waals surface area contributed by atoms with Gasteiger partial charge in [0.05, 0.1) is 17.8 Å². The summed E-state index contributed by atoms with van der Waals surface area (Å²) in [5, 5.41) is 0. The Bertz CT molecular complexity index is 697. The fraction of sp³-hybridized carbons (Fsp3) is 0.200. The summed E-state index contributed by atoms with van der Waals surface area (Å²) in [4.78, 5) is 23.8. The van der Waals surface area contributed by atoms with E-state index in [2.05, 4.69) is 0 Å². The highest BCUT2D eigenvalue weighted by Gasteiger charge is 2.31. The van der Waals surface area contributed by atoms with Crippen LogP contribution in [-0.4, -0.2) is 16.3 Å². The minimum absolute atomic E-state index is 0.170. The van der Waals surface area contributed by atoms with Gasteiger partial charge in [-0.2, -0.15) is 0 Å². The third kappa shape index (κ3) is 1.74. The smallest absolute Gasteiger partial charge is 0.317 e. The van der Waals surface area contributed by atoms with Crippen molar-refractivity contribution in [2.24, 2.45) is 7.05 Å². The van der Waals surface area contributed by atoms with Crippen LogP contribution in [0.5, 0.6) is 5.75 Å². The molecule has 102 valence electrons. The molecular formula is C15H12FNO3. The molecule has 0 N–H and O–H groups in total. The first-order valence-corrected chi connectivity index (χ1v) is 6.18. The van der Waals surface area contributed by atoms with Crippen LogP contribution in [0.15, 0.2) is 24.3 Å². The lowest BCUT2D eigenvalue weighted by Gasteiger charge is -2.06. The lowest BCUT2D eigenvalue weighted by atomic mass is 10.1. The van der Waals surface area contributed by atoms with E-state index in [0.717, 1.165) is 0 Å². The van der Waals surface area contributed by atoms with Crippen LogP contribution in [0.3, 0.4) is 0 Å². The molecule has 3 rings (SSSR count). The molecule has 0 saturated carbocycles. The Balaban J connectivity index is 2.08. The fourth-order valence-electron chi connectivity index (χ4n) is 2.54. The van der Waals surface area contributed by atoms with Crippen molar-refractivity contribution < 1.29 is 18.7 Å². The lowest BCUT2D eigenvalue weighted by molar-refractivity contribution is -0.131. The quantitative estimate of drug-likeness (QED) is 0.622. The van der Waals surface area contributed by atoms with E-state index in [1.165, 1.54) is 24.3 Å². The highest BCUT2D eigenvalue weighted by Crippen LogP contribution is 2.35. The van der Waals surface area contributed by atoms with E-state index in [0.29, 0.717) is 28.3 Å². The van der Waals surface area contributed by atoms with Crippen LogP contribution in [0.25, 0.3) is 0 Å². The first-order chi connectivity index (χ1) is 9.49. The minimum atomic E-state index is -0.387. The van der Waals surface area contributed by atoms with Gasteiger partial charge in [-0.1, -0.05) is 0 Å². The maximum Gasteiger partial charge on any atom is 0.317 e. The number of halogens is 1. The summed E-state index contributed by atoms with van der Waals surface area (Å²) in [7, 11) is 1.73. The summed E-state index contributed by atoms with van der Waals surface area (Å²) in [5.74, 6) is -0.436. The standard InChI is InChI=1S/C15H12FNO3/c1-8-13(14(19)9-3-5-10(16)6-4-9)17(2)11-7-12(18)20-15(8)11/h3-6H,7H2,1-2H3. The third-order valence-electron chi connectivity index (χ3n) is 3.55. The molecule has 1 aliphatic heterocycles. The van der Waals surface area contributed by atoms with Gasteiger partial charge >= 0.3 is 5.97 Å². The Labute approximate surface area is 114 Å². The average Bonchev–Trinajstić information content (AvgIpc) is 2.90. The number of aromatic nitrogens is 1. The molecule has 0 spiro atoms. The second kappa shape index (κ2) is 4.30. The molecule has 4 nitrogen and oxygen atoms in total. The van der Waals surface area contributed by atoms with E-state index >= 15 is 0 Å². The molecule has 0 unspecified atom stereocenters. The number of hydrogen-bond donors (Lipinski definition) is 0. The van der Waals surface area contributed by atoms with Crippen LogP contribution in [0, 0.1) is 12.7 Å². The molecular weight excluding hydrogens is 261 g/mol. The maximum absolute atomic E-state index is 12.9. The van der Waals surface area contributed by atoms with Gasteiger partial charge < -0.3 is 9.30 Å². The van der Waals surface area contributed by atoms with Gasteiger partial charge in [-0.3, -0.25) is 9.59 Å². The molecule has 0 amide bonds. The van der Waals surface area contributed by atoms with Crippen molar-refractivity contribution in [3.05, 3.63) is 52.6 Å². The molecule has 2 heterocycles. The number of benzene rings is 1. The first-order valence-electron chi connectivity index (χ1n) is 6.18. The van der Waals surface area contributed by atoms with E-state index in [4.69, 9.17) is 4.74 Å². The van der Waals surface area contributed by atoms with Gasteiger partial charge in [0.15, 0.2) is 5.75 Å². The number of fused-ring (bicyclic) bond motifs is 1. The largest absolute Gasteiger partial charge is 0.424 e. The van der Waals surface area contributed by atoms with Gasteiger partial charge in [-0.05, 0) is 31.2 Å². The fourth-order valence-corrected chi connectivity index (χ4v) is 2.54. The van der Waals surface area contributed by atoms with Crippen LogP contribution in [0.1, 0.15) is 27.3 Å². The van der Waals surface area contributed by atoms with Gasteiger partial charge in [0, 0.05) is 18.2 Å². The molecule has 1 aromatic heterocycles. The van der Waals surface area contributed by atoms with E-state index in [1.54, 1.807) is 18.5 Å². The second-order valence-corrected chi connectivity index (χ2v) is 4.80. The van der Waals surface area contributed by atoms with Crippen LogP contribution in [-0.2, 0) is 18.3 Å². The number of hydrogen-bond acceptors (Lipinski definition) is 3. The Hall–Kier alpha value is -2.43. The molecule has 0 fully saturated rings. The van der Waals surface area contributed by atoms with Crippen LogP contribution in [0.2, 0.25) is 0 Å². The molecule has 5 heteroatoms. The van der Waals surface area contributed by atoms with Crippen LogP contribution >= 0.6 is 0 Å². The molecule has 0 saturated heterocycles. The second-order valence-electron chi connectivity index (χ2n) is 4.80. The van der Waals surface area contributed by atoms with Crippen molar-refractivity contribution in [1.82, 2.24) is 4.57 Å². The van der Waals surface area contributed by atoms with Gasteiger partial charge in [0.25, 0.3) is 0 Å². The zero-order chi connectivity index (χ0) is 14.4. The van der Waals surface area contributed by atoms with Gasteiger partial charge in [0.2, 0.25) is 5.78 Å². The SMILES string of the molecule is Cc1c2c(n(C)c1C(=O)c1ccc(F)cc1)CC(=O)O2. The average molecular weight is 273 g/mol. The van der Waals surface area contributed by atoms with Gasteiger partial charge in [0.1, 0.15) is 5.82 Å². The predicted octanol–water partition coefficient (Wildman–Crippen LogP) is 2.17. The Morgan fingerprint density at radius 1 is 1.30 bits per heavy atom. The van der Waals surface area contributed by atoms with Crippen molar-refractivity contribution in [2.75, 3.05) is 0 Å². The summed E-state index contributed by atoms with van der Waals surface area (Å²) in [5.41, 5.74) is 2.22. The molecule has 0 radical (unpaired) electrons. The van der Waals surface area contributed by atoms with E-state index < -0.39 is 0 Å². The highest BCUT2D eigenvalue weighted by atomic mass is 19.1. The molecule has 2 aromatic rings. The highest BCUT2D eigenvalue weighted by molar-refractivity contribution is 6.09. The summed E-state index contributed by atoms with van der Waals surface area (Å²) < 4.78 is 19.7. The maximum atomic E-state index is 12.9. The number of nitrogens with zero attached hydrogens (tertiary/aromatic N) is 1. The number of rotatable bonds is 2. The predicted molar refractivity (Wildman–Crippen MR) is 69.3 cm³/mol. The third-order valence-corrected chi connectivity index (χ3v) is 3.55. The monoisotopic (exact) mass is 273 g/mol. The molecule has 20 heavy (non-hydrogen) atoms. The minimum Gasteiger partial charge on any atom is -0.424 e. The van der Waals surface area contributed by atoms with Crippen LogP contribution < -0.4 is 4.74 Å². The summed E-state index contributed by atoms with van der Waals surface area (Å²) in [6, 6.07) is 5.39. The van der Waals surface area contributed by atoms with Crippen LogP contribution in [0.4, 0.5) is 4.39 Å². The van der Waals surface area contributed by atoms with E-state index in [1.807, 2.05) is 0 Å². The summed E-state index contributed by atoms with van der Waals surface area (Å²) >= 11 is 0. The normalized spacial score (nSPS) is 13.2. The van der Waals surface area contributed by atoms with Gasteiger partial charge in [-0.25, -0.2) is 4.39 Å². The number of carbonyl (C=O) groups is 2. The zero-order valence-electron chi connectivity index (χ0n) is 11.1. The number of ketones is 1. The van der Waals surface area contributed by atoms with Crippen molar-refractivity contribution in [2.45, 2.75) is 13.3 Å². The molecule has 0 aliphatic carbocycles. The number of ether oxygens (including phenoxy) is 1. The molecule has 0 atom stereocenters. The van der Waals surface area contributed by atoms with Crippen molar-refractivity contribution in [3.63, 3.8) is 0 Å². The Kier molecular flexibility index (Phi) is 2.71. The summed E-state index contributed by atoms with van der Waals surface area (Å²) in [6.45, 7) is 1.74. The molecule has 1 aliphatic rings. The Morgan fingerprint density at radius 2 is 1.95 bits per heavy atom. The molecule has 0 bridgehead atoms. The van der Waals surface area contributed by atoms with E-state index in [9.17, 15) is 14.0 Å².